The number of piperazine rings is 1. The van der Waals surface area contributed by atoms with Gasteiger partial charge in [0.15, 0.2) is 4.34 Å². The van der Waals surface area contributed by atoms with E-state index in [1.807, 2.05) is 11.0 Å². The number of carbonyl (C=O) groups is 2. The van der Waals surface area contributed by atoms with Gasteiger partial charge in [-0.2, -0.15) is 0 Å². The van der Waals surface area contributed by atoms with Crippen LogP contribution in [0.15, 0.2) is 27.2 Å². The Hall–Kier alpha value is -2.07. The highest BCUT2D eigenvalue weighted by Crippen LogP contribution is 2.30. The molecule has 0 radical (unpaired) electrons. The second-order valence-electron chi connectivity index (χ2n) is 7.64. The molecule has 4 rings (SSSR count). The number of hydrogen-bond acceptors (Lipinski definition) is 8. The van der Waals surface area contributed by atoms with Crippen molar-refractivity contribution in [3.05, 3.63) is 24.2 Å². The summed E-state index contributed by atoms with van der Waals surface area (Å²) >= 11 is 2.89. The summed E-state index contributed by atoms with van der Waals surface area (Å²) in [6.07, 6.45) is 7.31. The van der Waals surface area contributed by atoms with Crippen LogP contribution < -0.4 is 10.2 Å². The maximum atomic E-state index is 12.7. The van der Waals surface area contributed by atoms with Crippen LogP contribution in [0.2, 0.25) is 0 Å². The van der Waals surface area contributed by atoms with E-state index < -0.39 is 0 Å². The molecular weight excluding hydrogens is 422 g/mol. The smallest absolute Gasteiger partial charge is 0.230 e. The number of nitrogens with one attached hydrogen (secondary N) is 1. The van der Waals surface area contributed by atoms with Crippen LogP contribution in [0, 0.1) is 5.92 Å². The summed E-state index contributed by atoms with van der Waals surface area (Å²) in [5.41, 5.74) is 0. The van der Waals surface area contributed by atoms with Crippen molar-refractivity contribution in [2.75, 3.05) is 36.8 Å². The minimum absolute atomic E-state index is 0.0667. The summed E-state index contributed by atoms with van der Waals surface area (Å²) < 4.78 is 5.98. The van der Waals surface area contributed by atoms with Gasteiger partial charge in [-0.3, -0.25) is 9.59 Å². The number of anilines is 1. The van der Waals surface area contributed by atoms with E-state index in [1.54, 1.807) is 12.3 Å². The van der Waals surface area contributed by atoms with Crippen LogP contribution in [0.25, 0.3) is 0 Å². The van der Waals surface area contributed by atoms with E-state index in [9.17, 15) is 9.59 Å². The van der Waals surface area contributed by atoms with Gasteiger partial charge < -0.3 is 19.5 Å². The third kappa shape index (κ3) is 5.54. The van der Waals surface area contributed by atoms with Gasteiger partial charge in [-0.15, -0.1) is 10.2 Å². The molecule has 30 heavy (non-hydrogen) atoms. The van der Waals surface area contributed by atoms with Gasteiger partial charge in [0.1, 0.15) is 5.76 Å². The lowest BCUT2D eigenvalue weighted by Crippen LogP contribution is -2.50. The maximum Gasteiger partial charge on any atom is 0.230 e. The molecule has 2 fully saturated rings. The van der Waals surface area contributed by atoms with Crippen LogP contribution in [0.4, 0.5) is 5.13 Å². The minimum Gasteiger partial charge on any atom is -0.467 e. The lowest BCUT2D eigenvalue weighted by Gasteiger charge is -2.36. The Kier molecular flexibility index (Phi) is 7.27. The number of furan rings is 1. The normalized spacial score (nSPS) is 17.9. The molecule has 0 spiro atoms. The van der Waals surface area contributed by atoms with Gasteiger partial charge in [0.25, 0.3) is 0 Å². The second-order valence-corrected chi connectivity index (χ2v) is 9.82. The predicted molar refractivity (Wildman–Crippen MR) is 117 cm³/mol. The molecule has 1 saturated heterocycles. The Morgan fingerprint density at radius 2 is 1.97 bits per heavy atom. The standard InChI is InChI=1S/C20H27N5O3S2/c26-17(21-13-16-7-4-12-28-16)14-29-20-23-22-19(30-20)25-10-8-24(9-11-25)18(27)15-5-2-1-3-6-15/h4,7,12,15H,1-3,5-6,8-11,13-14H2,(H,21,26). The summed E-state index contributed by atoms with van der Waals surface area (Å²) in [6, 6.07) is 3.62. The van der Waals surface area contributed by atoms with E-state index in [0.29, 0.717) is 18.2 Å². The fourth-order valence-corrected chi connectivity index (χ4v) is 5.61. The summed E-state index contributed by atoms with van der Waals surface area (Å²) in [6.45, 7) is 3.43. The molecule has 2 aromatic heterocycles. The topological polar surface area (TPSA) is 91.6 Å². The van der Waals surface area contributed by atoms with Gasteiger partial charge in [-0.05, 0) is 25.0 Å². The third-order valence-electron chi connectivity index (χ3n) is 5.58. The summed E-state index contributed by atoms with van der Waals surface area (Å²) in [5.74, 6) is 1.52. The molecule has 2 amide bonds. The van der Waals surface area contributed by atoms with Crippen LogP contribution in [0.1, 0.15) is 37.9 Å². The number of thioether (sulfide) groups is 1. The number of rotatable bonds is 7. The van der Waals surface area contributed by atoms with Gasteiger partial charge in [0.05, 0.1) is 18.6 Å². The molecule has 3 heterocycles. The van der Waals surface area contributed by atoms with Crippen molar-refractivity contribution in [2.24, 2.45) is 5.92 Å². The number of nitrogens with zero attached hydrogens (tertiary/aromatic N) is 4. The van der Waals surface area contributed by atoms with Crippen LogP contribution in [-0.4, -0.2) is 58.8 Å². The highest BCUT2D eigenvalue weighted by Gasteiger charge is 2.29. The molecule has 2 aromatic rings. The number of aromatic nitrogens is 2. The van der Waals surface area contributed by atoms with Gasteiger partial charge in [0, 0.05) is 32.1 Å². The molecule has 8 nitrogen and oxygen atoms in total. The van der Waals surface area contributed by atoms with Crippen molar-refractivity contribution in [1.29, 1.82) is 0 Å². The van der Waals surface area contributed by atoms with Crippen molar-refractivity contribution >= 4 is 40.0 Å². The maximum absolute atomic E-state index is 12.7. The SMILES string of the molecule is O=C(CSc1nnc(N2CCN(C(=O)C3CCCCC3)CC2)s1)NCc1ccco1. The highest BCUT2D eigenvalue weighted by atomic mass is 32.2. The predicted octanol–water partition coefficient (Wildman–Crippen LogP) is 2.77. The first-order valence-electron chi connectivity index (χ1n) is 10.5. The van der Waals surface area contributed by atoms with E-state index >= 15 is 0 Å². The molecule has 0 unspecified atom stereocenters. The van der Waals surface area contributed by atoms with Crippen LogP contribution in [0.3, 0.4) is 0 Å². The fourth-order valence-electron chi connectivity index (χ4n) is 3.89. The van der Waals surface area contributed by atoms with Crippen LogP contribution in [0.5, 0.6) is 0 Å². The zero-order chi connectivity index (χ0) is 20.8. The molecule has 0 atom stereocenters. The Bertz CT molecular complexity index is 827. The number of hydrogen-bond donors (Lipinski definition) is 1. The molecule has 2 aliphatic rings. The van der Waals surface area contributed by atoms with E-state index in [-0.39, 0.29) is 11.8 Å². The zero-order valence-corrected chi connectivity index (χ0v) is 18.6. The summed E-state index contributed by atoms with van der Waals surface area (Å²) in [4.78, 5) is 28.9. The molecular formula is C20H27N5O3S2. The molecule has 162 valence electrons. The second kappa shape index (κ2) is 10.3. The monoisotopic (exact) mass is 449 g/mol. The Morgan fingerprint density at radius 3 is 2.70 bits per heavy atom. The first kappa shape index (κ1) is 21.2. The number of amides is 2. The van der Waals surface area contributed by atoms with Crippen molar-refractivity contribution in [1.82, 2.24) is 20.4 Å². The van der Waals surface area contributed by atoms with Gasteiger partial charge in [-0.1, -0.05) is 42.4 Å². The van der Waals surface area contributed by atoms with E-state index in [2.05, 4.69) is 20.4 Å². The van der Waals surface area contributed by atoms with E-state index in [1.165, 1.54) is 42.4 Å². The van der Waals surface area contributed by atoms with Crippen LogP contribution in [-0.2, 0) is 16.1 Å². The molecule has 1 saturated carbocycles. The summed E-state index contributed by atoms with van der Waals surface area (Å²) in [5, 5.41) is 12.2. The molecule has 1 aliphatic heterocycles. The quantitative estimate of drug-likeness (QED) is 0.650. The van der Waals surface area contributed by atoms with Crippen molar-refractivity contribution in [3.8, 4) is 0 Å². The third-order valence-corrected chi connectivity index (χ3v) is 7.70. The van der Waals surface area contributed by atoms with Crippen molar-refractivity contribution in [3.63, 3.8) is 0 Å². The van der Waals surface area contributed by atoms with Gasteiger partial charge >= 0.3 is 0 Å². The highest BCUT2D eigenvalue weighted by molar-refractivity contribution is 8.01. The summed E-state index contributed by atoms with van der Waals surface area (Å²) in [7, 11) is 0. The van der Waals surface area contributed by atoms with Crippen molar-refractivity contribution < 1.29 is 14.0 Å². The molecule has 1 N–H and O–H groups in total. The lowest BCUT2D eigenvalue weighted by molar-refractivity contribution is -0.136. The largest absolute Gasteiger partial charge is 0.467 e. The van der Waals surface area contributed by atoms with Gasteiger partial charge in [-0.25, -0.2) is 0 Å². The minimum atomic E-state index is -0.0667. The number of carbonyl (C=O) groups excluding carboxylic acids is 2. The first-order valence-corrected chi connectivity index (χ1v) is 12.3. The molecule has 0 bridgehead atoms. The van der Waals surface area contributed by atoms with E-state index in [4.69, 9.17) is 4.42 Å². The zero-order valence-electron chi connectivity index (χ0n) is 16.9. The molecule has 10 heteroatoms. The Balaban J connectivity index is 1.19. The fraction of sp³-hybridized carbons (Fsp3) is 0.600. The lowest BCUT2D eigenvalue weighted by atomic mass is 9.88. The van der Waals surface area contributed by atoms with Gasteiger partial charge in [0.2, 0.25) is 16.9 Å². The average Bonchev–Trinajstić information content (AvgIpc) is 3.49. The van der Waals surface area contributed by atoms with E-state index in [0.717, 1.165) is 54.3 Å². The molecule has 1 aliphatic carbocycles. The average molecular weight is 450 g/mol. The first-order chi connectivity index (χ1) is 14.7. The molecule has 0 aromatic carbocycles. The van der Waals surface area contributed by atoms with Crippen LogP contribution >= 0.6 is 23.1 Å². The Morgan fingerprint density at radius 1 is 1.17 bits per heavy atom. The Labute approximate surface area is 184 Å². The van der Waals surface area contributed by atoms with Crippen molar-refractivity contribution in [2.45, 2.75) is 43.0 Å².